The van der Waals surface area contributed by atoms with Gasteiger partial charge in [-0.05, 0) is 62.6 Å². The molecule has 0 saturated carbocycles. The van der Waals surface area contributed by atoms with Crippen molar-refractivity contribution in [1.82, 2.24) is 14.9 Å². The Labute approximate surface area is 147 Å². The quantitative estimate of drug-likeness (QED) is 0.768. The van der Waals surface area contributed by atoms with Crippen molar-refractivity contribution in [2.24, 2.45) is 0 Å². The molecule has 2 aromatic rings. The maximum Gasteiger partial charge on any atom is 0.410 e. The summed E-state index contributed by atoms with van der Waals surface area (Å²) in [5.41, 5.74) is 3.34. The Balaban J connectivity index is 2.14. The zero-order chi connectivity index (χ0) is 17.9. The molecule has 1 aromatic heterocycles. The second kappa shape index (κ2) is 7.18. The van der Waals surface area contributed by atoms with Crippen LogP contribution in [0.3, 0.4) is 0 Å². The summed E-state index contributed by atoms with van der Waals surface area (Å²) in [6.07, 6.45) is 1.29. The molecular formula is C18H22ClN3O2. The highest BCUT2D eigenvalue weighted by atomic mass is 35.5. The zero-order valence-electron chi connectivity index (χ0n) is 14.6. The van der Waals surface area contributed by atoms with Crippen molar-refractivity contribution in [2.45, 2.75) is 39.8 Å². The summed E-state index contributed by atoms with van der Waals surface area (Å²) in [6.45, 7) is 8.04. The van der Waals surface area contributed by atoms with Crippen LogP contribution in [0.4, 0.5) is 4.79 Å². The minimum Gasteiger partial charge on any atom is -0.444 e. The number of amides is 1. The number of aromatic nitrogens is 2. The van der Waals surface area contributed by atoms with Crippen LogP contribution in [0, 0.1) is 6.92 Å². The minimum atomic E-state index is -0.503. The van der Waals surface area contributed by atoms with E-state index in [9.17, 15) is 4.79 Å². The predicted molar refractivity (Wildman–Crippen MR) is 94.9 cm³/mol. The maximum atomic E-state index is 12.1. The average Bonchev–Trinajstić information content (AvgIpc) is 2.47. The van der Waals surface area contributed by atoms with E-state index in [0.29, 0.717) is 6.54 Å². The monoisotopic (exact) mass is 347 g/mol. The molecule has 0 atom stereocenters. The molecule has 0 aliphatic heterocycles. The molecule has 0 spiro atoms. The third kappa shape index (κ3) is 4.93. The summed E-state index contributed by atoms with van der Waals surface area (Å²) < 4.78 is 5.37. The van der Waals surface area contributed by atoms with Crippen LogP contribution in [0.5, 0.6) is 0 Å². The molecule has 24 heavy (non-hydrogen) atoms. The summed E-state index contributed by atoms with van der Waals surface area (Å²) in [6, 6.07) is 7.79. The first kappa shape index (κ1) is 18.2. The van der Waals surface area contributed by atoms with Crippen LogP contribution >= 0.6 is 11.6 Å². The highest BCUT2D eigenvalue weighted by molar-refractivity contribution is 6.28. The van der Waals surface area contributed by atoms with Crippen LogP contribution in [-0.2, 0) is 11.3 Å². The second-order valence-electron chi connectivity index (χ2n) is 6.69. The fourth-order valence-corrected chi connectivity index (χ4v) is 2.34. The predicted octanol–water partition coefficient (Wildman–Crippen LogP) is 4.47. The Morgan fingerprint density at radius 1 is 1.29 bits per heavy atom. The van der Waals surface area contributed by atoms with E-state index in [1.807, 2.05) is 52.0 Å². The summed E-state index contributed by atoms with van der Waals surface area (Å²) in [5.74, 6) is 0. The minimum absolute atomic E-state index is 0.221. The van der Waals surface area contributed by atoms with E-state index < -0.39 is 5.60 Å². The lowest BCUT2D eigenvalue weighted by molar-refractivity contribution is 0.0285. The number of hydrogen-bond acceptors (Lipinski definition) is 4. The second-order valence-corrected chi connectivity index (χ2v) is 7.03. The van der Waals surface area contributed by atoms with Crippen molar-refractivity contribution < 1.29 is 9.53 Å². The van der Waals surface area contributed by atoms with Gasteiger partial charge in [0.25, 0.3) is 0 Å². The number of benzene rings is 1. The van der Waals surface area contributed by atoms with Gasteiger partial charge in [0.15, 0.2) is 0 Å². The first-order chi connectivity index (χ1) is 11.2. The van der Waals surface area contributed by atoms with Gasteiger partial charge in [-0.25, -0.2) is 14.8 Å². The molecule has 1 aromatic carbocycles. The average molecular weight is 348 g/mol. The summed E-state index contributed by atoms with van der Waals surface area (Å²) in [7, 11) is 1.73. The molecule has 0 aliphatic carbocycles. The number of aryl methyl sites for hydroxylation is 1. The summed E-state index contributed by atoms with van der Waals surface area (Å²) in [5, 5.41) is 0.221. The summed E-state index contributed by atoms with van der Waals surface area (Å²) in [4.78, 5) is 21.7. The van der Waals surface area contributed by atoms with Gasteiger partial charge in [0.1, 0.15) is 5.60 Å². The SMILES string of the molecule is Cc1cc(-c2ccnc(Cl)n2)ccc1CN(C)C(=O)OC(C)(C)C. The van der Waals surface area contributed by atoms with Crippen molar-refractivity contribution in [3.63, 3.8) is 0 Å². The Morgan fingerprint density at radius 2 is 2.00 bits per heavy atom. The van der Waals surface area contributed by atoms with Crippen LogP contribution in [0.25, 0.3) is 11.3 Å². The van der Waals surface area contributed by atoms with Crippen molar-refractivity contribution in [2.75, 3.05) is 7.05 Å². The van der Waals surface area contributed by atoms with E-state index in [4.69, 9.17) is 16.3 Å². The highest BCUT2D eigenvalue weighted by Gasteiger charge is 2.20. The number of rotatable bonds is 3. The number of halogens is 1. The van der Waals surface area contributed by atoms with Gasteiger partial charge in [0.2, 0.25) is 5.28 Å². The molecule has 2 rings (SSSR count). The molecule has 6 heteroatoms. The Hall–Kier alpha value is -2.14. The van der Waals surface area contributed by atoms with Crippen LogP contribution < -0.4 is 0 Å². The van der Waals surface area contributed by atoms with Crippen LogP contribution in [0.15, 0.2) is 30.5 Å². The first-order valence-corrected chi connectivity index (χ1v) is 8.06. The van der Waals surface area contributed by atoms with Crippen molar-refractivity contribution in [3.8, 4) is 11.3 Å². The molecule has 0 radical (unpaired) electrons. The molecule has 128 valence electrons. The third-order valence-corrected chi connectivity index (χ3v) is 3.56. The van der Waals surface area contributed by atoms with Gasteiger partial charge in [-0.2, -0.15) is 0 Å². The van der Waals surface area contributed by atoms with Gasteiger partial charge in [-0.1, -0.05) is 12.1 Å². The van der Waals surface area contributed by atoms with Gasteiger partial charge < -0.3 is 9.64 Å². The molecule has 0 fully saturated rings. The highest BCUT2D eigenvalue weighted by Crippen LogP contribution is 2.22. The largest absolute Gasteiger partial charge is 0.444 e. The van der Waals surface area contributed by atoms with E-state index in [-0.39, 0.29) is 11.4 Å². The molecule has 1 heterocycles. The number of carbonyl (C=O) groups excluding carboxylic acids is 1. The van der Waals surface area contributed by atoms with Crippen LogP contribution in [-0.4, -0.2) is 33.6 Å². The molecule has 0 bridgehead atoms. The number of ether oxygens (including phenoxy) is 1. The Morgan fingerprint density at radius 3 is 2.58 bits per heavy atom. The standard InChI is InChI=1S/C18H22ClN3O2/c1-12-10-13(15-8-9-20-16(19)21-15)6-7-14(12)11-22(5)17(23)24-18(2,3)4/h6-10H,11H2,1-5H3. The lowest BCUT2D eigenvalue weighted by Gasteiger charge is -2.25. The fraction of sp³-hybridized carbons (Fsp3) is 0.389. The topological polar surface area (TPSA) is 55.3 Å². The van der Waals surface area contributed by atoms with Crippen molar-refractivity contribution in [1.29, 1.82) is 0 Å². The van der Waals surface area contributed by atoms with Gasteiger partial charge in [-0.3, -0.25) is 0 Å². The maximum absolute atomic E-state index is 12.1. The molecule has 0 N–H and O–H groups in total. The van der Waals surface area contributed by atoms with Gasteiger partial charge in [0.05, 0.1) is 5.69 Å². The lowest BCUT2D eigenvalue weighted by atomic mass is 10.0. The summed E-state index contributed by atoms with van der Waals surface area (Å²) >= 11 is 5.84. The number of nitrogens with zero attached hydrogens (tertiary/aromatic N) is 3. The van der Waals surface area contributed by atoms with Gasteiger partial charge in [-0.15, -0.1) is 0 Å². The van der Waals surface area contributed by atoms with E-state index >= 15 is 0 Å². The van der Waals surface area contributed by atoms with E-state index in [2.05, 4.69) is 9.97 Å². The smallest absolute Gasteiger partial charge is 0.410 e. The third-order valence-electron chi connectivity index (χ3n) is 3.38. The van der Waals surface area contributed by atoms with Crippen molar-refractivity contribution >= 4 is 17.7 Å². The molecule has 0 unspecified atom stereocenters. The first-order valence-electron chi connectivity index (χ1n) is 7.68. The number of carbonyl (C=O) groups is 1. The van der Waals surface area contributed by atoms with Gasteiger partial charge >= 0.3 is 6.09 Å². The van der Waals surface area contributed by atoms with E-state index in [0.717, 1.165) is 22.4 Å². The lowest BCUT2D eigenvalue weighted by Crippen LogP contribution is -2.33. The normalized spacial score (nSPS) is 11.2. The van der Waals surface area contributed by atoms with Crippen LogP contribution in [0.1, 0.15) is 31.9 Å². The van der Waals surface area contributed by atoms with Crippen molar-refractivity contribution in [3.05, 3.63) is 46.9 Å². The zero-order valence-corrected chi connectivity index (χ0v) is 15.4. The molecule has 0 saturated heterocycles. The Kier molecular flexibility index (Phi) is 5.44. The fourth-order valence-electron chi connectivity index (χ4n) is 2.19. The number of hydrogen-bond donors (Lipinski definition) is 0. The van der Waals surface area contributed by atoms with E-state index in [1.165, 1.54) is 0 Å². The van der Waals surface area contributed by atoms with Crippen LogP contribution in [0.2, 0.25) is 5.28 Å². The molecule has 0 aliphatic rings. The Bertz CT molecular complexity index is 741. The van der Waals surface area contributed by atoms with Gasteiger partial charge in [0, 0.05) is 25.4 Å². The van der Waals surface area contributed by atoms with E-state index in [1.54, 1.807) is 18.1 Å². The molecular weight excluding hydrogens is 326 g/mol. The molecule has 1 amide bonds. The molecule has 5 nitrogen and oxygen atoms in total.